The van der Waals surface area contributed by atoms with Gasteiger partial charge in [-0.05, 0) is 65.4 Å². The second-order valence-corrected chi connectivity index (χ2v) is 15.6. The molecule has 0 aliphatic carbocycles. The number of ether oxygens (including phenoxy) is 1. The topological polar surface area (TPSA) is 78.8 Å². The van der Waals surface area contributed by atoms with Crippen molar-refractivity contribution in [3.8, 4) is 29.1 Å². The minimum absolute atomic E-state index is 0. The van der Waals surface area contributed by atoms with Crippen molar-refractivity contribution >= 4 is 82.5 Å². The van der Waals surface area contributed by atoms with Crippen LogP contribution in [0.1, 0.15) is 0 Å². The van der Waals surface area contributed by atoms with Gasteiger partial charge in [0.05, 0.1) is 0 Å². The van der Waals surface area contributed by atoms with E-state index in [1.54, 1.807) is 18.6 Å². The molecule has 0 bridgehead atoms. The van der Waals surface area contributed by atoms with Gasteiger partial charge in [-0.25, -0.2) is 19.9 Å². The molecule has 322 valence electrons. The summed E-state index contributed by atoms with van der Waals surface area (Å²) in [5, 5.41) is 6.32. The molecule has 0 radical (unpaired) electrons. The third kappa shape index (κ3) is 7.01. The van der Waals surface area contributed by atoms with Crippen molar-refractivity contribution in [2.75, 3.05) is 4.90 Å². The maximum atomic E-state index is 6.62. The van der Waals surface area contributed by atoms with E-state index in [-0.39, 0.29) is 42.1 Å². The van der Waals surface area contributed by atoms with Crippen LogP contribution in [0.4, 0.5) is 17.1 Å². The fourth-order valence-electron chi connectivity index (χ4n) is 9.13. The Morgan fingerprint density at radius 2 is 0.791 bits per heavy atom. The summed E-state index contributed by atoms with van der Waals surface area (Å²) < 4.78 is 12.9. The molecule has 0 amide bonds. The molecule has 13 rings (SSSR count). The van der Waals surface area contributed by atoms with E-state index >= 15 is 0 Å². The third-order valence-electron chi connectivity index (χ3n) is 11.9. The Balaban J connectivity index is 0.00000247. The largest absolute Gasteiger partial charge is 2.00 e. The minimum atomic E-state index is 0. The summed E-state index contributed by atoms with van der Waals surface area (Å²) in [6.07, 6.45) is 7.12. The Kier molecular flexibility index (Phi) is 10.8. The van der Waals surface area contributed by atoms with Crippen molar-refractivity contribution in [2.24, 2.45) is 0 Å². The molecule has 0 spiro atoms. The van der Waals surface area contributed by atoms with Gasteiger partial charge >= 0.3 is 42.1 Å². The molecule has 0 N–H and O–H groups in total. The molecular weight excluding hydrogens is 1190 g/mol. The van der Waals surface area contributed by atoms with E-state index in [1.165, 1.54) is 0 Å². The monoisotopic (exact) mass is 1220 g/mol. The molecule has 9 nitrogen and oxygen atoms in total. The number of nitrogens with zero attached hydrogens (tertiary/aromatic N) is 8. The van der Waals surface area contributed by atoms with E-state index in [1.807, 2.05) is 89.6 Å². The summed E-state index contributed by atoms with van der Waals surface area (Å²) in [5.41, 5.74) is 8.04. The summed E-state index contributed by atoms with van der Waals surface area (Å²) in [6, 6.07) is 72.1. The van der Waals surface area contributed by atoms with Gasteiger partial charge in [0.25, 0.3) is 0 Å². The van der Waals surface area contributed by atoms with Crippen LogP contribution >= 0.6 is 0 Å². The van der Waals surface area contributed by atoms with Gasteiger partial charge in [-0.2, -0.15) is 35.0 Å². The summed E-state index contributed by atoms with van der Waals surface area (Å²) >= 11 is 0. The second-order valence-electron chi connectivity index (χ2n) is 15.6. The van der Waals surface area contributed by atoms with Crippen LogP contribution in [0, 0.1) is 24.3 Å². The average molecular weight is 1220 g/mol. The second kappa shape index (κ2) is 17.3. The van der Waals surface area contributed by atoms with Gasteiger partial charge in [-0.15, -0.1) is 59.3 Å². The first kappa shape index (κ1) is 42.0. The van der Waals surface area contributed by atoms with E-state index in [2.05, 4.69) is 134 Å². The molecule has 13 aromatic rings. The van der Waals surface area contributed by atoms with Gasteiger partial charge in [-0.1, -0.05) is 100 Å². The number of pyridine rings is 2. The Morgan fingerprint density at radius 3 is 1.33 bits per heavy atom. The van der Waals surface area contributed by atoms with Crippen molar-refractivity contribution in [1.29, 1.82) is 0 Å². The molecule has 0 atom stereocenters. The predicted octanol–water partition coefficient (Wildman–Crippen LogP) is 13.0. The number of hydrogen-bond donors (Lipinski definition) is 0. The van der Waals surface area contributed by atoms with Gasteiger partial charge in [0.2, 0.25) is 5.95 Å². The Hall–Kier alpha value is -7.70. The Labute approximate surface area is 413 Å². The van der Waals surface area contributed by atoms with Crippen LogP contribution in [0.3, 0.4) is 0 Å². The molecule has 0 unspecified atom stereocenters. The van der Waals surface area contributed by atoms with Crippen molar-refractivity contribution in [3.05, 3.63) is 219 Å². The van der Waals surface area contributed by atoms with Crippen LogP contribution < -0.4 is 9.64 Å². The van der Waals surface area contributed by atoms with Gasteiger partial charge < -0.3 is 23.3 Å². The van der Waals surface area contributed by atoms with Crippen LogP contribution in [0.25, 0.3) is 83.0 Å². The fraction of sp³-hybridized carbons (Fsp3) is 0. The standard InChI is InChI=1S/C56H32N8O.2Pt/c1-2-13-37(14-3-1)61(38-21-25-44-42-15-4-6-17-48(42)62(50(44)33-38)54-19-8-10-29-57-54)39-22-26-45-47-28-24-41(36-53(47)64(51(45)34-39)56-59-31-12-32-60-56)65-40-23-27-46-43-16-5-7-18-49(43)63(52(46)35-40)55-20-9-11-30-58-55;;/h1-32H;;/q-4;2*+2. The Bertz CT molecular complexity index is 3930. The zero-order valence-electron chi connectivity index (χ0n) is 35.1. The molecule has 0 aliphatic heterocycles. The number of para-hydroxylation sites is 3. The van der Waals surface area contributed by atoms with E-state index in [4.69, 9.17) is 19.7 Å². The maximum Gasteiger partial charge on any atom is 2.00 e. The van der Waals surface area contributed by atoms with Crippen molar-refractivity contribution in [1.82, 2.24) is 33.6 Å². The van der Waals surface area contributed by atoms with E-state index in [0.717, 1.165) is 94.1 Å². The van der Waals surface area contributed by atoms with Gasteiger partial charge in [0.15, 0.2) is 0 Å². The number of hydrogen-bond acceptors (Lipinski definition) is 6. The maximum absolute atomic E-state index is 6.62. The molecule has 0 saturated heterocycles. The smallest absolute Gasteiger partial charge is 0.509 e. The molecular formula is C56H32N8OPt2. The van der Waals surface area contributed by atoms with E-state index < -0.39 is 0 Å². The molecule has 67 heavy (non-hydrogen) atoms. The van der Waals surface area contributed by atoms with Crippen LogP contribution in [-0.4, -0.2) is 33.6 Å². The van der Waals surface area contributed by atoms with Crippen LogP contribution in [0.2, 0.25) is 0 Å². The van der Waals surface area contributed by atoms with Crippen LogP contribution in [-0.2, 0) is 42.1 Å². The fourth-order valence-corrected chi connectivity index (χ4v) is 9.13. The van der Waals surface area contributed by atoms with Crippen LogP contribution in [0.5, 0.6) is 11.5 Å². The van der Waals surface area contributed by atoms with Gasteiger partial charge in [0, 0.05) is 53.0 Å². The van der Waals surface area contributed by atoms with E-state index in [9.17, 15) is 0 Å². The molecule has 6 aromatic heterocycles. The summed E-state index contributed by atoms with van der Waals surface area (Å²) in [5.74, 6) is 3.19. The molecule has 0 aliphatic rings. The number of fused-ring (bicyclic) bond motifs is 9. The number of aromatic nitrogens is 7. The summed E-state index contributed by atoms with van der Waals surface area (Å²) in [6.45, 7) is 0. The molecule has 0 saturated carbocycles. The van der Waals surface area contributed by atoms with Crippen LogP contribution in [0.15, 0.2) is 195 Å². The van der Waals surface area contributed by atoms with Crippen molar-refractivity contribution < 1.29 is 46.9 Å². The molecule has 0 fully saturated rings. The molecule has 11 heteroatoms. The predicted molar refractivity (Wildman–Crippen MR) is 257 cm³/mol. The zero-order chi connectivity index (χ0) is 42.8. The summed E-state index contributed by atoms with van der Waals surface area (Å²) in [7, 11) is 0. The van der Waals surface area contributed by atoms with Crippen molar-refractivity contribution in [2.45, 2.75) is 0 Å². The zero-order valence-corrected chi connectivity index (χ0v) is 39.6. The minimum Gasteiger partial charge on any atom is -0.509 e. The first-order chi connectivity index (χ1) is 32.2. The average Bonchev–Trinajstić information content (AvgIpc) is 4.00. The Morgan fingerprint density at radius 1 is 0.358 bits per heavy atom. The quantitative estimate of drug-likeness (QED) is 0.141. The number of anilines is 3. The number of benzene rings is 7. The third-order valence-corrected chi connectivity index (χ3v) is 11.9. The van der Waals surface area contributed by atoms with Crippen molar-refractivity contribution in [3.63, 3.8) is 0 Å². The van der Waals surface area contributed by atoms with Gasteiger partial charge in [0.1, 0.15) is 11.6 Å². The SMILES string of the molecule is [Pt+2].[Pt+2].[c-]1c(Oc2[c-]c3c(cc2)c2ccccc2n3-c2ccccn2)ccc2c3ccc(N(c4[c-]c5c(cc4)c4ccccc4n5-c4ccccn4)c4ccccc4)[c-]c3n(-c3ncccn3)c12. The molecule has 6 heterocycles. The normalized spacial score (nSPS) is 11.3. The first-order valence-corrected chi connectivity index (χ1v) is 21.2. The molecule has 7 aromatic carbocycles. The first-order valence-electron chi connectivity index (χ1n) is 21.2. The number of rotatable bonds is 8. The van der Waals surface area contributed by atoms with Gasteiger partial charge in [-0.3, -0.25) is 0 Å². The van der Waals surface area contributed by atoms with E-state index in [0.29, 0.717) is 17.4 Å². The summed E-state index contributed by atoms with van der Waals surface area (Å²) in [4.78, 5) is 21.1.